The molecule has 0 aromatic carbocycles. The maximum absolute atomic E-state index is 4.14. The molecule has 0 spiro atoms. The van der Waals surface area contributed by atoms with E-state index in [1.165, 1.54) is 86.9 Å². The quantitative estimate of drug-likeness (QED) is 0.283. The van der Waals surface area contributed by atoms with Crippen molar-refractivity contribution in [1.82, 2.24) is 14.9 Å². The fourth-order valence-corrected chi connectivity index (χ4v) is 3.33. The summed E-state index contributed by atoms with van der Waals surface area (Å²) in [7, 11) is 8.17. The molecular formula is C38H77N5. The average Bonchev–Trinajstić information content (AvgIpc) is 3.55. The Labute approximate surface area is 272 Å². The molecule has 3 aliphatic rings. The van der Waals surface area contributed by atoms with Crippen molar-refractivity contribution in [3.63, 3.8) is 0 Å². The van der Waals surface area contributed by atoms with Crippen molar-refractivity contribution in [2.45, 2.75) is 153 Å². The number of hydrogen-bond acceptors (Lipinski definition) is 5. The summed E-state index contributed by atoms with van der Waals surface area (Å²) in [6, 6.07) is 0. The summed E-state index contributed by atoms with van der Waals surface area (Å²) >= 11 is 0. The zero-order valence-electron chi connectivity index (χ0n) is 32.0. The summed E-state index contributed by atoms with van der Waals surface area (Å²) in [5, 5.41) is 12.2. The van der Waals surface area contributed by atoms with E-state index in [0.29, 0.717) is 0 Å². The van der Waals surface area contributed by atoms with Gasteiger partial charge in [-0.1, -0.05) is 96.9 Å². The number of rotatable bonds is 6. The first kappa shape index (κ1) is 47.9. The van der Waals surface area contributed by atoms with Gasteiger partial charge in [-0.25, -0.2) is 0 Å². The molecule has 43 heavy (non-hydrogen) atoms. The zero-order chi connectivity index (χ0) is 33.9. The Morgan fingerprint density at radius 1 is 0.651 bits per heavy atom. The van der Waals surface area contributed by atoms with Gasteiger partial charge in [0.2, 0.25) is 0 Å². The van der Waals surface area contributed by atoms with E-state index in [2.05, 4.69) is 122 Å². The average molecular weight is 604 g/mol. The van der Waals surface area contributed by atoms with Gasteiger partial charge in [0.25, 0.3) is 0 Å². The summed E-state index contributed by atoms with van der Waals surface area (Å²) in [6.45, 7) is 26.9. The van der Waals surface area contributed by atoms with Gasteiger partial charge in [-0.15, -0.1) is 11.8 Å². The minimum Gasteiger partial charge on any atom is -0.309 e. The molecule has 2 aliphatic heterocycles. The molecule has 5 heteroatoms. The fraction of sp³-hybridized carbons (Fsp3) is 0.789. The van der Waals surface area contributed by atoms with Crippen LogP contribution in [-0.4, -0.2) is 74.2 Å². The topological polar surface area (TPSA) is 34.4 Å². The summed E-state index contributed by atoms with van der Waals surface area (Å²) < 4.78 is 0. The molecule has 0 bridgehead atoms. The second kappa shape index (κ2) is 38.0. The Bertz CT molecular complexity index is 717. The lowest BCUT2D eigenvalue weighted by molar-refractivity contribution is 0.393. The van der Waals surface area contributed by atoms with Crippen LogP contribution in [0.25, 0.3) is 0 Å². The van der Waals surface area contributed by atoms with Crippen LogP contribution in [-0.2, 0) is 0 Å². The largest absolute Gasteiger partial charge is 0.309 e. The molecule has 2 heterocycles. The van der Waals surface area contributed by atoms with E-state index in [9.17, 15) is 0 Å². The fourth-order valence-electron chi connectivity index (χ4n) is 3.33. The third-order valence-electron chi connectivity index (χ3n) is 6.27. The number of hydrogen-bond donors (Lipinski definition) is 0. The van der Waals surface area contributed by atoms with Crippen LogP contribution in [0.1, 0.15) is 153 Å². The first-order valence-corrected chi connectivity index (χ1v) is 17.3. The molecule has 5 nitrogen and oxygen atoms in total. The first-order valence-electron chi connectivity index (χ1n) is 17.3. The SMILES string of the molecule is CC#CCCC.CC1=CC=C(C)CC1.CC1=NN(C)CC1.CC1=NN(C)CC1.CCCC.CCCCC.CCCN(C)C. The summed E-state index contributed by atoms with van der Waals surface area (Å²) in [4.78, 5) is 2.18. The van der Waals surface area contributed by atoms with Crippen LogP contribution < -0.4 is 0 Å². The van der Waals surface area contributed by atoms with E-state index in [1.807, 2.05) is 31.0 Å². The highest BCUT2D eigenvalue weighted by Gasteiger charge is 2.04. The third-order valence-corrected chi connectivity index (χ3v) is 6.27. The maximum atomic E-state index is 4.14. The number of allylic oxidation sites excluding steroid dienone is 4. The molecule has 0 N–H and O–H groups in total. The Morgan fingerprint density at radius 3 is 1.16 bits per heavy atom. The summed E-state index contributed by atoms with van der Waals surface area (Å²) in [6.07, 6.45) is 19.5. The highest BCUT2D eigenvalue weighted by molar-refractivity contribution is 5.83. The molecule has 1 aliphatic carbocycles. The summed E-state index contributed by atoms with van der Waals surface area (Å²) in [5.41, 5.74) is 5.52. The van der Waals surface area contributed by atoms with Gasteiger partial charge >= 0.3 is 0 Å². The summed E-state index contributed by atoms with van der Waals surface area (Å²) in [5.74, 6) is 5.77. The number of nitrogens with zero attached hydrogens (tertiary/aromatic N) is 5. The highest BCUT2D eigenvalue weighted by Crippen LogP contribution is 2.16. The monoisotopic (exact) mass is 604 g/mol. The molecule has 0 unspecified atom stereocenters. The molecule has 3 rings (SSSR count). The normalized spacial score (nSPS) is 14.2. The van der Waals surface area contributed by atoms with Crippen molar-refractivity contribution >= 4 is 11.4 Å². The molecule has 0 radical (unpaired) electrons. The van der Waals surface area contributed by atoms with E-state index >= 15 is 0 Å². The van der Waals surface area contributed by atoms with Crippen molar-refractivity contribution in [3.05, 3.63) is 23.3 Å². The Kier molecular flexibility index (Phi) is 42.3. The molecule has 0 aromatic rings. The predicted molar refractivity (Wildman–Crippen MR) is 200 cm³/mol. The van der Waals surface area contributed by atoms with E-state index < -0.39 is 0 Å². The van der Waals surface area contributed by atoms with Crippen molar-refractivity contribution in [2.75, 3.05) is 47.8 Å². The molecule has 0 fully saturated rings. The van der Waals surface area contributed by atoms with Gasteiger partial charge in [0.15, 0.2) is 0 Å². The number of unbranched alkanes of at least 4 members (excludes halogenated alkanes) is 4. The maximum Gasteiger partial charge on any atom is 0.0409 e. The molecule has 0 saturated carbocycles. The predicted octanol–water partition coefficient (Wildman–Crippen LogP) is 10.8. The zero-order valence-corrected chi connectivity index (χ0v) is 32.0. The number of hydrazone groups is 2. The smallest absolute Gasteiger partial charge is 0.0409 e. The van der Waals surface area contributed by atoms with Gasteiger partial charge in [0.05, 0.1) is 0 Å². The van der Waals surface area contributed by atoms with Crippen LogP contribution >= 0.6 is 0 Å². The van der Waals surface area contributed by atoms with Crippen molar-refractivity contribution in [2.24, 2.45) is 10.2 Å². The molecule has 0 aromatic heterocycles. The minimum atomic E-state index is 1.05. The van der Waals surface area contributed by atoms with Crippen LogP contribution in [0.5, 0.6) is 0 Å². The third kappa shape index (κ3) is 47.1. The van der Waals surface area contributed by atoms with Gasteiger partial charge in [0.1, 0.15) is 0 Å². The van der Waals surface area contributed by atoms with Crippen LogP contribution in [0.2, 0.25) is 0 Å². The Morgan fingerprint density at radius 2 is 1.07 bits per heavy atom. The lowest BCUT2D eigenvalue weighted by atomic mass is 10.0. The van der Waals surface area contributed by atoms with Gasteiger partial charge in [-0.05, 0) is 80.9 Å². The Hall–Kier alpha value is -2.06. The van der Waals surface area contributed by atoms with Gasteiger partial charge in [-0.2, -0.15) is 10.2 Å². The van der Waals surface area contributed by atoms with E-state index in [1.54, 1.807) is 0 Å². The lowest BCUT2D eigenvalue weighted by Crippen LogP contribution is -2.11. The van der Waals surface area contributed by atoms with Gasteiger partial charge < -0.3 is 4.90 Å². The standard InChI is InChI=1S/C8H12.C6H10.2C5H10N2.C5H13N.C5H12.C4H10/c1-7-3-5-8(2)6-4-7;1-3-5-6-4-2;2*1-5-3-4-7(2)6-5;1-4-5-6(2)3;1-3-5-4-2;1-3-4-2/h3,5H,4,6H2,1-2H3;3,5H2,1-2H3;2*3-4H2,1-2H3;4-5H2,1-3H3;3-5H2,1-2H3;3-4H2,1-2H3. The molecule has 254 valence electrons. The van der Waals surface area contributed by atoms with Gasteiger partial charge in [0, 0.05) is 57.9 Å². The molecule has 0 saturated heterocycles. The second-order valence-corrected chi connectivity index (χ2v) is 11.8. The first-order chi connectivity index (χ1) is 20.4. The molecular weight excluding hydrogens is 526 g/mol. The van der Waals surface area contributed by atoms with E-state index in [4.69, 9.17) is 0 Å². The van der Waals surface area contributed by atoms with Crippen molar-refractivity contribution in [3.8, 4) is 11.8 Å². The lowest BCUT2D eigenvalue weighted by Gasteiger charge is -2.05. The van der Waals surface area contributed by atoms with Crippen LogP contribution in [0.4, 0.5) is 0 Å². The Balaban J connectivity index is -0.000000209. The molecule has 0 atom stereocenters. The van der Waals surface area contributed by atoms with Crippen LogP contribution in [0.3, 0.4) is 0 Å². The van der Waals surface area contributed by atoms with Gasteiger partial charge in [-0.3, -0.25) is 10.0 Å². The molecule has 0 amide bonds. The highest BCUT2D eigenvalue weighted by atomic mass is 15.5. The van der Waals surface area contributed by atoms with Crippen LogP contribution in [0, 0.1) is 11.8 Å². The second-order valence-electron chi connectivity index (χ2n) is 11.8. The van der Waals surface area contributed by atoms with Crippen molar-refractivity contribution < 1.29 is 0 Å². The van der Waals surface area contributed by atoms with Crippen molar-refractivity contribution in [1.29, 1.82) is 0 Å². The van der Waals surface area contributed by atoms with Crippen LogP contribution in [0.15, 0.2) is 33.5 Å². The van der Waals surface area contributed by atoms with E-state index in [-0.39, 0.29) is 0 Å². The van der Waals surface area contributed by atoms with E-state index in [0.717, 1.165) is 32.4 Å². The minimum absolute atomic E-state index is 1.05.